The molecule has 0 spiro atoms. The minimum absolute atomic E-state index is 0.144. The third-order valence-corrected chi connectivity index (χ3v) is 3.70. The van der Waals surface area contributed by atoms with E-state index in [4.69, 9.17) is 5.73 Å². The summed E-state index contributed by atoms with van der Waals surface area (Å²) in [6.07, 6.45) is 0. The van der Waals surface area contributed by atoms with Gasteiger partial charge < -0.3 is 11.1 Å². The highest BCUT2D eigenvalue weighted by Crippen LogP contribution is 2.30. The van der Waals surface area contributed by atoms with Gasteiger partial charge >= 0.3 is 0 Å². The molecule has 0 aliphatic rings. The smallest absolute Gasteiger partial charge is 0.247 e. The molecule has 6 heteroatoms. The van der Waals surface area contributed by atoms with Gasteiger partial charge in [-0.05, 0) is 31.2 Å². The first kappa shape index (κ1) is 15.4. The van der Waals surface area contributed by atoms with Gasteiger partial charge in [0, 0.05) is 15.7 Å². The van der Waals surface area contributed by atoms with Crippen molar-refractivity contribution >= 4 is 27.5 Å². The number of halogens is 3. The number of carbonyl (C=O) groups is 1. The molecular weight excluding hydrogens is 342 g/mol. The van der Waals surface area contributed by atoms with Crippen LogP contribution in [0.2, 0.25) is 0 Å². The Labute approximate surface area is 129 Å². The molecule has 1 unspecified atom stereocenters. The van der Waals surface area contributed by atoms with Crippen LogP contribution >= 0.6 is 15.9 Å². The second-order valence-corrected chi connectivity index (χ2v) is 5.64. The van der Waals surface area contributed by atoms with E-state index in [1.165, 1.54) is 19.1 Å². The molecule has 0 aliphatic carbocycles. The third-order valence-electron chi connectivity index (χ3n) is 3.20. The summed E-state index contributed by atoms with van der Waals surface area (Å²) >= 11 is 3.30. The molecule has 0 aliphatic heterocycles. The van der Waals surface area contributed by atoms with E-state index >= 15 is 0 Å². The number of nitrogens with one attached hydrogen (secondary N) is 1. The van der Waals surface area contributed by atoms with Gasteiger partial charge in [-0.25, -0.2) is 8.78 Å². The molecule has 3 N–H and O–H groups in total. The van der Waals surface area contributed by atoms with Crippen LogP contribution in [0.4, 0.5) is 14.5 Å². The van der Waals surface area contributed by atoms with Crippen LogP contribution in [-0.2, 0) is 10.3 Å². The van der Waals surface area contributed by atoms with Gasteiger partial charge in [-0.1, -0.05) is 34.1 Å². The van der Waals surface area contributed by atoms with E-state index in [1.807, 2.05) is 0 Å². The Hall–Kier alpha value is -1.95. The first-order valence-electron chi connectivity index (χ1n) is 6.13. The summed E-state index contributed by atoms with van der Waals surface area (Å²) in [4.78, 5) is 11.8. The summed E-state index contributed by atoms with van der Waals surface area (Å²) in [5.74, 6) is -2.94. The topological polar surface area (TPSA) is 55.1 Å². The second-order valence-electron chi connectivity index (χ2n) is 4.73. The molecule has 2 rings (SSSR count). The quantitative estimate of drug-likeness (QED) is 0.882. The third kappa shape index (κ3) is 3.05. The van der Waals surface area contributed by atoms with E-state index in [0.29, 0.717) is 5.69 Å². The summed E-state index contributed by atoms with van der Waals surface area (Å²) in [6.45, 7) is 1.41. The predicted octanol–water partition coefficient (Wildman–Crippen LogP) is 3.54. The normalized spacial score (nSPS) is 13.5. The molecule has 110 valence electrons. The van der Waals surface area contributed by atoms with Gasteiger partial charge in [-0.2, -0.15) is 0 Å². The fraction of sp³-hybridized carbons (Fsp3) is 0.133. The van der Waals surface area contributed by atoms with E-state index < -0.39 is 23.1 Å². The van der Waals surface area contributed by atoms with Gasteiger partial charge in [-0.3, -0.25) is 4.79 Å². The van der Waals surface area contributed by atoms with Gasteiger partial charge in [0.05, 0.1) is 0 Å². The molecule has 21 heavy (non-hydrogen) atoms. The maximum Gasteiger partial charge on any atom is 0.247 e. The number of carbonyl (C=O) groups excluding carboxylic acids is 1. The van der Waals surface area contributed by atoms with Crippen LogP contribution < -0.4 is 11.1 Å². The lowest BCUT2D eigenvalue weighted by molar-refractivity contribution is -0.122. The molecule has 0 saturated heterocycles. The van der Waals surface area contributed by atoms with Crippen LogP contribution in [0.1, 0.15) is 12.5 Å². The van der Waals surface area contributed by atoms with Crippen molar-refractivity contribution in [1.82, 2.24) is 0 Å². The van der Waals surface area contributed by atoms with Crippen molar-refractivity contribution in [2.45, 2.75) is 12.5 Å². The van der Waals surface area contributed by atoms with Crippen molar-refractivity contribution in [2.75, 3.05) is 5.32 Å². The summed E-state index contributed by atoms with van der Waals surface area (Å²) in [5.41, 5.74) is 4.24. The van der Waals surface area contributed by atoms with E-state index in [0.717, 1.165) is 10.5 Å². The SMILES string of the molecule is CC(Nc1cccc(Br)c1)(C(N)=O)c1cccc(F)c1F. The summed E-state index contributed by atoms with van der Waals surface area (Å²) in [6, 6.07) is 10.6. The number of nitrogens with two attached hydrogens (primary N) is 1. The number of rotatable bonds is 4. The summed E-state index contributed by atoms with van der Waals surface area (Å²) in [7, 11) is 0. The molecule has 3 nitrogen and oxygen atoms in total. The Bertz CT molecular complexity index is 693. The number of benzene rings is 2. The Morgan fingerprint density at radius 3 is 2.52 bits per heavy atom. The maximum absolute atomic E-state index is 14.0. The van der Waals surface area contributed by atoms with Crippen molar-refractivity contribution in [3.05, 3.63) is 64.1 Å². The van der Waals surface area contributed by atoms with Crippen molar-refractivity contribution < 1.29 is 13.6 Å². The molecule has 0 bridgehead atoms. The highest BCUT2D eigenvalue weighted by Gasteiger charge is 2.36. The fourth-order valence-corrected chi connectivity index (χ4v) is 2.41. The molecule has 0 aromatic heterocycles. The molecule has 2 aromatic rings. The monoisotopic (exact) mass is 354 g/mol. The zero-order valence-corrected chi connectivity index (χ0v) is 12.7. The molecule has 1 atom stereocenters. The van der Waals surface area contributed by atoms with Crippen molar-refractivity contribution in [3.63, 3.8) is 0 Å². The van der Waals surface area contributed by atoms with E-state index in [2.05, 4.69) is 21.2 Å². The van der Waals surface area contributed by atoms with Gasteiger partial charge in [0.15, 0.2) is 11.6 Å². The van der Waals surface area contributed by atoms with Gasteiger partial charge in [-0.15, -0.1) is 0 Å². The highest BCUT2D eigenvalue weighted by molar-refractivity contribution is 9.10. The van der Waals surface area contributed by atoms with Crippen molar-refractivity contribution in [3.8, 4) is 0 Å². The van der Waals surface area contributed by atoms with Crippen molar-refractivity contribution in [2.24, 2.45) is 5.73 Å². The average molecular weight is 355 g/mol. The minimum atomic E-state index is -1.58. The van der Waals surface area contributed by atoms with Crippen molar-refractivity contribution in [1.29, 1.82) is 0 Å². The van der Waals surface area contributed by atoms with Crippen LogP contribution in [0.25, 0.3) is 0 Å². The second kappa shape index (κ2) is 5.81. The maximum atomic E-state index is 14.0. The molecule has 0 radical (unpaired) electrons. The largest absolute Gasteiger partial charge is 0.368 e. The predicted molar refractivity (Wildman–Crippen MR) is 80.7 cm³/mol. The van der Waals surface area contributed by atoms with Gasteiger partial charge in [0.2, 0.25) is 5.91 Å². The fourth-order valence-electron chi connectivity index (χ4n) is 2.01. The lowest BCUT2D eigenvalue weighted by atomic mass is 9.90. The van der Waals surface area contributed by atoms with E-state index in [1.54, 1.807) is 24.3 Å². The number of hydrogen-bond donors (Lipinski definition) is 2. The molecule has 2 aromatic carbocycles. The van der Waals surface area contributed by atoms with Gasteiger partial charge in [0.25, 0.3) is 0 Å². The van der Waals surface area contributed by atoms with Crippen LogP contribution in [0.5, 0.6) is 0 Å². The Kier molecular flexibility index (Phi) is 4.27. The van der Waals surface area contributed by atoms with E-state index in [-0.39, 0.29) is 5.56 Å². The van der Waals surface area contributed by atoms with Crippen LogP contribution in [0.3, 0.4) is 0 Å². The summed E-state index contributed by atoms with van der Waals surface area (Å²) < 4.78 is 28.2. The Morgan fingerprint density at radius 1 is 1.24 bits per heavy atom. The van der Waals surface area contributed by atoms with Crippen LogP contribution in [0.15, 0.2) is 46.9 Å². The first-order valence-corrected chi connectivity index (χ1v) is 6.92. The van der Waals surface area contributed by atoms with Crippen LogP contribution in [0, 0.1) is 11.6 Å². The zero-order chi connectivity index (χ0) is 15.6. The average Bonchev–Trinajstić information content (AvgIpc) is 2.41. The molecule has 0 saturated carbocycles. The molecular formula is C15H13BrF2N2O. The minimum Gasteiger partial charge on any atom is -0.368 e. The number of amides is 1. The standard InChI is InChI=1S/C15H13BrF2N2O/c1-15(14(19)21,11-6-3-7-12(17)13(11)18)20-10-5-2-4-9(16)8-10/h2-8,20H,1H3,(H2,19,21). The lowest BCUT2D eigenvalue weighted by Crippen LogP contribution is -2.46. The number of primary amides is 1. The van der Waals surface area contributed by atoms with E-state index in [9.17, 15) is 13.6 Å². The summed E-state index contributed by atoms with van der Waals surface area (Å²) in [5, 5.41) is 2.87. The number of anilines is 1. The first-order chi connectivity index (χ1) is 9.84. The molecule has 0 fully saturated rings. The highest BCUT2D eigenvalue weighted by atomic mass is 79.9. The molecule has 1 amide bonds. The Balaban J connectivity index is 2.51. The zero-order valence-electron chi connectivity index (χ0n) is 11.2. The number of hydrogen-bond acceptors (Lipinski definition) is 2. The molecule has 0 heterocycles. The van der Waals surface area contributed by atoms with Gasteiger partial charge in [0.1, 0.15) is 5.54 Å². The lowest BCUT2D eigenvalue weighted by Gasteiger charge is -2.29. The Morgan fingerprint density at radius 2 is 1.90 bits per heavy atom. The van der Waals surface area contributed by atoms with Crippen LogP contribution in [-0.4, -0.2) is 5.91 Å².